The summed E-state index contributed by atoms with van der Waals surface area (Å²) in [7, 11) is 1.66. The van der Waals surface area contributed by atoms with Gasteiger partial charge in [0.2, 0.25) is 0 Å². The first-order chi connectivity index (χ1) is 12.3. The lowest BCUT2D eigenvalue weighted by Crippen LogP contribution is -2.62. The van der Waals surface area contributed by atoms with Crippen LogP contribution in [0, 0.1) is 0 Å². The minimum absolute atomic E-state index is 0.00634. The number of hydrogen-bond donors (Lipinski definition) is 1. The van der Waals surface area contributed by atoms with Crippen molar-refractivity contribution >= 4 is 6.09 Å². The highest BCUT2D eigenvalue weighted by molar-refractivity contribution is 5.70. The van der Waals surface area contributed by atoms with Gasteiger partial charge in [0.15, 0.2) is 0 Å². The molecule has 1 aromatic rings. The van der Waals surface area contributed by atoms with E-state index in [9.17, 15) is 9.90 Å². The summed E-state index contributed by atoms with van der Waals surface area (Å²) in [6, 6.07) is 8.10. The van der Waals surface area contributed by atoms with Gasteiger partial charge in [0.1, 0.15) is 11.4 Å². The minimum Gasteiger partial charge on any atom is -0.497 e. The summed E-state index contributed by atoms with van der Waals surface area (Å²) in [6.07, 6.45) is 1.61. The van der Waals surface area contributed by atoms with Crippen molar-refractivity contribution in [2.24, 2.45) is 0 Å². The van der Waals surface area contributed by atoms with Gasteiger partial charge >= 0.3 is 6.09 Å². The van der Waals surface area contributed by atoms with Crippen molar-refractivity contribution in [3.05, 3.63) is 29.8 Å². The van der Waals surface area contributed by atoms with Gasteiger partial charge in [0, 0.05) is 19.1 Å². The van der Waals surface area contributed by atoms with Crippen LogP contribution in [0.25, 0.3) is 0 Å². The number of hydrogen-bond acceptors (Lipinski definition) is 5. The molecule has 2 heterocycles. The fourth-order valence-corrected chi connectivity index (χ4v) is 4.10. The van der Waals surface area contributed by atoms with Crippen molar-refractivity contribution in [1.29, 1.82) is 0 Å². The van der Waals surface area contributed by atoms with Crippen LogP contribution in [0.1, 0.15) is 39.2 Å². The molecular formula is C20H30N2O4. The van der Waals surface area contributed by atoms with Gasteiger partial charge in [-0.3, -0.25) is 9.80 Å². The zero-order chi connectivity index (χ0) is 18.9. The highest BCUT2D eigenvalue weighted by atomic mass is 16.6. The largest absolute Gasteiger partial charge is 0.497 e. The molecule has 144 valence electrons. The van der Waals surface area contributed by atoms with Crippen LogP contribution < -0.4 is 4.74 Å². The number of carbonyl (C=O) groups excluding carboxylic acids is 1. The average Bonchev–Trinajstić information content (AvgIpc) is 2.90. The van der Waals surface area contributed by atoms with Gasteiger partial charge in [-0.15, -0.1) is 0 Å². The van der Waals surface area contributed by atoms with Gasteiger partial charge in [-0.2, -0.15) is 0 Å². The minimum atomic E-state index is -0.508. The van der Waals surface area contributed by atoms with E-state index in [4.69, 9.17) is 9.47 Å². The van der Waals surface area contributed by atoms with Crippen LogP contribution in [0.3, 0.4) is 0 Å². The molecule has 1 aromatic carbocycles. The molecule has 2 saturated heterocycles. The number of nitrogens with zero attached hydrogens (tertiary/aromatic N) is 2. The lowest BCUT2D eigenvalue weighted by Gasteiger charge is -2.46. The lowest BCUT2D eigenvalue weighted by molar-refractivity contribution is -0.0353. The Morgan fingerprint density at radius 1 is 1.23 bits per heavy atom. The van der Waals surface area contributed by atoms with Gasteiger partial charge < -0.3 is 14.6 Å². The molecule has 3 rings (SSSR count). The van der Waals surface area contributed by atoms with Crippen LogP contribution >= 0.6 is 0 Å². The van der Waals surface area contributed by atoms with Crippen molar-refractivity contribution in [2.75, 3.05) is 20.3 Å². The van der Waals surface area contributed by atoms with Crippen LogP contribution in [0.5, 0.6) is 5.75 Å². The van der Waals surface area contributed by atoms with Crippen molar-refractivity contribution in [3.63, 3.8) is 0 Å². The molecule has 0 spiro atoms. The van der Waals surface area contributed by atoms with Crippen LogP contribution in [-0.4, -0.2) is 65.0 Å². The lowest BCUT2D eigenvalue weighted by atomic mass is 10.0. The Bertz CT molecular complexity index is 626. The van der Waals surface area contributed by atoms with Crippen molar-refractivity contribution < 1.29 is 19.4 Å². The molecule has 1 unspecified atom stereocenters. The number of fused-ring (bicyclic) bond motifs is 2. The maximum absolute atomic E-state index is 12.7. The smallest absolute Gasteiger partial charge is 0.410 e. The monoisotopic (exact) mass is 362 g/mol. The third-order valence-corrected chi connectivity index (χ3v) is 5.24. The van der Waals surface area contributed by atoms with Crippen molar-refractivity contribution in [2.45, 2.75) is 63.9 Å². The molecule has 2 aliphatic heterocycles. The first-order valence-corrected chi connectivity index (χ1v) is 9.31. The SMILES string of the molecule is COc1ccc(CN2C[C@H]3CCC([C@H]2CO)N3C(=O)OC(C)(C)C)cc1. The van der Waals surface area contributed by atoms with Gasteiger partial charge in [0.05, 0.1) is 25.8 Å². The fraction of sp³-hybridized carbons (Fsp3) is 0.650. The zero-order valence-corrected chi connectivity index (χ0v) is 16.1. The molecule has 0 saturated carbocycles. The molecule has 0 aliphatic carbocycles. The van der Waals surface area contributed by atoms with Crippen LogP contribution in [0.2, 0.25) is 0 Å². The van der Waals surface area contributed by atoms with E-state index in [1.807, 2.05) is 37.8 Å². The Kier molecular flexibility index (Phi) is 5.44. The van der Waals surface area contributed by atoms with Gasteiger partial charge in [-0.1, -0.05) is 12.1 Å². The van der Waals surface area contributed by atoms with E-state index >= 15 is 0 Å². The first-order valence-electron chi connectivity index (χ1n) is 9.31. The van der Waals surface area contributed by atoms with Gasteiger partial charge in [-0.05, 0) is 51.3 Å². The Hall–Kier alpha value is -1.79. The Balaban J connectivity index is 1.72. The number of carbonyl (C=O) groups is 1. The second-order valence-electron chi connectivity index (χ2n) is 8.21. The number of aliphatic hydroxyl groups excluding tert-OH is 1. The fourth-order valence-electron chi connectivity index (χ4n) is 4.10. The second kappa shape index (κ2) is 7.45. The predicted molar refractivity (Wildman–Crippen MR) is 99.2 cm³/mol. The molecule has 2 aliphatic rings. The number of amides is 1. The van der Waals surface area contributed by atoms with E-state index in [0.29, 0.717) is 0 Å². The van der Waals surface area contributed by atoms with Gasteiger partial charge in [-0.25, -0.2) is 4.79 Å². The number of piperazine rings is 1. The molecule has 0 aromatic heterocycles. The maximum atomic E-state index is 12.7. The summed E-state index contributed by atoms with van der Waals surface area (Å²) < 4.78 is 10.8. The average molecular weight is 362 g/mol. The molecule has 26 heavy (non-hydrogen) atoms. The summed E-state index contributed by atoms with van der Waals surface area (Å²) in [5, 5.41) is 10.0. The standard InChI is InChI=1S/C20H30N2O4/c1-20(2,3)26-19(24)22-15-7-10-17(22)18(13-23)21(12-15)11-14-5-8-16(25-4)9-6-14/h5-6,8-9,15,17-18,23H,7,10-13H2,1-4H3/t15-,17?,18-/m1/s1. The highest BCUT2D eigenvalue weighted by Gasteiger charge is 2.49. The van der Waals surface area contributed by atoms with E-state index in [0.717, 1.165) is 31.7 Å². The summed E-state index contributed by atoms with van der Waals surface area (Å²) in [6.45, 7) is 7.20. The molecule has 1 N–H and O–H groups in total. The molecule has 1 amide bonds. The molecule has 2 fully saturated rings. The van der Waals surface area contributed by atoms with Crippen molar-refractivity contribution in [1.82, 2.24) is 9.80 Å². The number of ether oxygens (including phenoxy) is 2. The molecule has 0 radical (unpaired) electrons. The number of methoxy groups -OCH3 is 1. The summed E-state index contributed by atoms with van der Waals surface area (Å²) in [5.41, 5.74) is 0.667. The summed E-state index contributed by atoms with van der Waals surface area (Å²) in [4.78, 5) is 16.8. The van der Waals surface area contributed by atoms with Crippen molar-refractivity contribution in [3.8, 4) is 5.75 Å². The molecule has 6 nitrogen and oxygen atoms in total. The molecule has 2 bridgehead atoms. The number of likely N-dealkylation sites (tertiary alicyclic amines) is 1. The number of aliphatic hydroxyl groups is 1. The Morgan fingerprint density at radius 2 is 1.92 bits per heavy atom. The number of benzene rings is 1. The van der Waals surface area contributed by atoms with Crippen LogP contribution in [0.15, 0.2) is 24.3 Å². The molecule has 6 heteroatoms. The van der Waals surface area contributed by atoms with Crippen LogP contribution in [-0.2, 0) is 11.3 Å². The van der Waals surface area contributed by atoms with E-state index in [2.05, 4.69) is 17.0 Å². The normalized spacial score (nSPS) is 26.0. The third-order valence-electron chi connectivity index (χ3n) is 5.24. The quantitative estimate of drug-likeness (QED) is 0.892. The Labute approximate surface area is 155 Å². The molecular weight excluding hydrogens is 332 g/mol. The highest BCUT2D eigenvalue weighted by Crippen LogP contribution is 2.36. The summed E-state index contributed by atoms with van der Waals surface area (Å²) >= 11 is 0. The number of rotatable bonds is 4. The van der Waals surface area contributed by atoms with E-state index in [-0.39, 0.29) is 30.8 Å². The predicted octanol–water partition coefficient (Wildman–Crippen LogP) is 2.64. The maximum Gasteiger partial charge on any atom is 0.410 e. The van der Waals surface area contributed by atoms with Crippen LogP contribution in [0.4, 0.5) is 4.79 Å². The third kappa shape index (κ3) is 3.96. The topological polar surface area (TPSA) is 62.2 Å². The zero-order valence-electron chi connectivity index (χ0n) is 16.1. The summed E-state index contributed by atoms with van der Waals surface area (Å²) in [5.74, 6) is 0.835. The van der Waals surface area contributed by atoms with E-state index in [1.165, 1.54) is 5.56 Å². The second-order valence-corrected chi connectivity index (χ2v) is 8.21. The Morgan fingerprint density at radius 3 is 2.50 bits per heavy atom. The molecule has 3 atom stereocenters. The first kappa shape index (κ1) is 19.0. The van der Waals surface area contributed by atoms with E-state index in [1.54, 1.807) is 7.11 Å². The van der Waals surface area contributed by atoms with E-state index < -0.39 is 5.60 Å². The van der Waals surface area contributed by atoms with Gasteiger partial charge in [0.25, 0.3) is 0 Å².